The molecule has 0 amide bonds. The molecule has 0 heterocycles. The van der Waals surface area contributed by atoms with Gasteiger partial charge in [-0.3, -0.25) is 0 Å². The fourth-order valence-electron chi connectivity index (χ4n) is 1.31. The number of esters is 1. The molecular weight excluding hydrogens is 555 g/mol. The van der Waals surface area contributed by atoms with Crippen LogP contribution in [0.3, 0.4) is 0 Å². The minimum absolute atomic E-state index is 0.218. The van der Waals surface area contributed by atoms with Crippen LogP contribution in [-0.2, 0) is 19.6 Å². The number of ether oxygens (including phenoxy) is 1. The SMILES string of the molecule is CI(C)CC(C(=O)OCCC(F)C(F)(F)S(=O)(=O)O)I(C)C. The van der Waals surface area contributed by atoms with Crippen LogP contribution in [0.1, 0.15) is 6.42 Å². The van der Waals surface area contributed by atoms with Crippen LogP contribution in [0.2, 0.25) is 0 Å². The van der Waals surface area contributed by atoms with Gasteiger partial charge in [-0.05, 0) is 0 Å². The average Bonchev–Trinajstić information content (AvgIpc) is 2.33. The maximum absolute atomic E-state index is 13.2. The van der Waals surface area contributed by atoms with E-state index in [2.05, 4.69) is 9.86 Å². The molecule has 11 heteroatoms. The van der Waals surface area contributed by atoms with Crippen molar-refractivity contribution in [2.45, 2.75) is 21.8 Å². The summed E-state index contributed by atoms with van der Waals surface area (Å²) in [5.74, 6) is -0.524. The first-order chi connectivity index (χ1) is 9.80. The second kappa shape index (κ2) is 9.20. The van der Waals surface area contributed by atoms with Gasteiger partial charge >= 0.3 is 144 Å². The van der Waals surface area contributed by atoms with E-state index in [1.807, 2.05) is 9.86 Å². The van der Waals surface area contributed by atoms with Gasteiger partial charge in [0, 0.05) is 0 Å². The predicted molar refractivity (Wildman–Crippen MR) is 97.4 cm³/mol. The molecule has 0 aliphatic carbocycles. The monoisotopic (exact) mass is 576 g/mol. The first kappa shape index (κ1) is 22.6. The number of carbonyl (C=O) groups excluding carboxylic acids is 1. The van der Waals surface area contributed by atoms with Crippen LogP contribution in [0.5, 0.6) is 0 Å². The van der Waals surface area contributed by atoms with Crippen molar-refractivity contribution in [3.63, 3.8) is 0 Å². The molecule has 5 nitrogen and oxygen atoms in total. The van der Waals surface area contributed by atoms with Gasteiger partial charge in [-0.15, -0.1) is 0 Å². The summed E-state index contributed by atoms with van der Waals surface area (Å²) in [5, 5.41) is -4.90. The molecule has 2 unspecified atom stereocenters. The minimum atomic E-state index is -5.83. The summed E-state index contributed by atoms with van der Waals surface area (Å²) >= 11 is -2.69. The zero-order valence-electron chi connectivity index (χ0n) is 12.7. The molecule has 0 bridgehead atoms. The number of alkyl halides is 9. The molecule has 22 heavy (non-hydrogen) atoms. The molecule has 0 saturated carbocycles. The number of rotatable bonds is 9. The molecule has 0 rings (SSSR count). The van der Waals surface area contributed by atoms with Gasteiger partial charge in [0.05, 0.1) is 0 Å². The molecule has 0 aromatic rings. The third-order valence-corrected chi connectivity index (χ3v) is 11.8. The Morgan fingerprint density at radius 1 is 1.27 bits per heavy atom. The summed E-state index contributed by atoms with van der Waals surface area (Å²) in [6.45, 7) is -0.646. The van der Waals surface area contributed by atoms with Gasteiger partial charge in [-0.2, -0.15) is 0 Å². The molecular formula is C11H21F3I2O5S. The van der Waals surface area contributed by atoms with E-state index in [0.29, 0.717) is 0 Å². The molecule has 2 atom stereocenters. The fraction of sp³-hybridized carbons (Fsp3) is 0.909. The Hall–Kier alpha value is 0.630. The van der Waals surface area contributed by atoms with Crippen LogP contribution in [0, 0.1) is 0 Å². The summed E-state index contributed by atoms with van der Waals surface area (Å²) in [5.41, 5.74) is 0. The number of halogens is 5. The standard InChI is InChI=1S/C11H21F3I2O5S/c1-15(2)7-8(16(3)4)10(17)21-6-5-9(12)11(13,14)22(18,19)20/h8-9H,5-7H2,1-4H3,(H,18,19,20). The van der Waals surface area contributed by atoms with Gasteiger partial charge < -0.3 is 0 Å². The van der Waals surface area contributed by atoms with Crippen molar-refractivity contribution in [1.29, 1.82) is 0 Å². The zero-order chi connectivity index (χ0) is 17.7. The molecule has 0 aromatic heterocycles. The van der Waals surface area contributed by atoms with E-state index in [1.165, 1.54) is 0 Å². The van der Waals surface area contributed by atoms with Gasteiger partial charge in [-0.1, -0.05) is 0 Å². The Morgan fingerprint density at radius 2 is 1.77 bits per heavy atom. The van der Waals surface area contributed by atoms with Gasteiger partial charge in [-0.25, -0.2) is 0 Å². The molecule has 0 fully saturated rings. The molecule has 1 N–H and O–H groups in total. The Labute approximate surface area is 143 Å². The van der Waals surface area contributed by atoms with Crippen LogP contribution in [0.15, 0.2) is 0 Å². The van der Waals surface area contributed by atoms with Crippen molar-refractivity contribution < 1.29 is 35.7 Å². The molecule has 0 spiro atoms. The van der Waals surface area contributed by atoms with Crippen molar-refractivity contribution in [3.05, 3.63) is 0 Å². The molecule has 0 aliphatic rings. The summed E-state index contributed by atoms with van der Waals surface area (Å²) in [6, 6.07) is 0. The average molecular weight is 576 g/mol. The van der Waals surface area contributed by atoms with Crippen molar-refractivity contribution in [1.82, 2.24) is 0 Å². The van der Waals surface area contributed by atoms with E-state index in [0.717, 1.165) is 4.43 Å². The first-order valence-corrected chi connectivity index (χ1v) is 18.7. The third kappa shape index (κ3) is 7.03. The van der Waals surface area contributed by atoms with Gasteiger partial charge in [0.1, 0.15) is 0 Å². The van der Waals surface area contributed by atoms with E-state index in [9.17, 15) is 26.4 Å². The van der Waals surface area contributed by atoms with E-state index < -0.39 is 80.2 Å². The summed E-state index contributed by atoms with van der Waals surface area (Å²) in [7, 11) is -5.83. The van der Waals surface area contributed by atoms with Crippen LogP contribution >= 0.6 is 39.6 Å². The van der Waals surface area contributed by atoms with Crippen LogP contribution in [-0.4, -0.2) is 65.0 Å². The van der Waals surface area contributed by atoms with E-state index in [-0.39, 0.29) is 3.92 Å². The van der Waals surface area contributed by atoms with E-state index in [1.54, 1.807) is 0 Å². The molecule has 0 radical (unpaired) electrons. The van der Waals surface area contributed by atoms with Crippen molar-refractivity contribution in [2.24, 2.45) is 0 Å². The van der Waals surface area contributed by atoms with Crippen molar-refractivity contribution >= 4 is 55.7 Å². The number of hydrogen-bond donors (Lipinski definition) is 1. The molecule has 0 aromatic carbocycles. The Kier molecular flexibility index (Phi) is 9.46. The third-order valence-electron chi connectivity index (χ3n) is 2.55. The summed E-state index contributed by atoms with van der Waals surface area (Å²) in [6.07, 6.45) is -4.12. The maximum atomic E-state index is 13.2. The second-order valence-electron chi connectivity index (χ2n) is 4.81. The van der Waals surface area contributed by atoms with Crippen LogP contribution < -0.4 is 0 Å². The van der Waals surface area contributed by atoms with Gasteiger partial charge in [0.2, 0.25) is 0 Å². The van der Waals surface area contributed by atoms with Crippen LogP contribution in [0.4, 0.5) is 13.2 Å². The van der Waals surface area contributed by atoms with E-state index in [4.69, 9.17) is 9.29 Å². The summed E-state index contributed by atoms with van der Waals surface area (Å²) in [4.78, 5) is 20.1. The van der Waals surface area contributed by atoms with Gasteiger partial charge in [0.15, 0.2) is 0 Å². The Bertz CT molecular complexity index is 470. The number of carbonyl (C=O) groups is 1. The summed E-state index contributed by atoms with van der Waals surface area (Å²) < 4.78 is 73.6. The molecule has 0 saturated heterocycles. The van der Waals surface area contributed by atoms with Crippen molar-refractivity contribution in [3.8, 4) is 0 Å². The normalized spacial score (nSPS) is 16.7. The Morgan fingerprint density at radius 3 is 2.14 bits per heavy atom. The topological polar surface area (TPSA) is 80.7 Å². The fourth-order valence-corrected chi connectivity index (χ4v) is 14.5. The molecule has 136 valence electrons. The zero-order valence-corrected chi connectivity index (χ0v) is 17.8. The Balaban J connectivity index is 4.54. The van der Waals surface area contributed by atoms with Crippen molar-refractivity contribution in [2.75, 3.05) is 30.8 Å². The van der Waals surface area contributed by atoms with Gasteiger partial charge in [0.25, 0.3) is 0 Å². The second-order valence-corrected chi connectivity index (χ2v) is 18.5. The first-order valence-electron chi connectivity index (χ1n) is 5.90. The molecule has 0 aliphatic heterocycles. The van der Waals surface area contributed by atoms with Crippen LogP contribution in [0.25, 0.3) is 0 Å². The van der Waals surface area contributed by atoms with E-state index >= 15 is 0 Å². The quantitative estimate of drug-likeness (QED) is 0.198. The number of hydrogen-bond acceptors (Lipinski definition) is 4. The predicted octanol–water partition coefficient (Wildman–Crippen LogP) is 2.64.